The van der Waals surface area contributed by atoms with Gasteiger partial charge in [0.2, 0.25) is 0 Å². The second kappa shape index (κ2) is 8.22. The third kappa shape index (κ3) is 3.60. The van der Waals surface area contributed by atoms with Crippen molar-refractivity contribution in [1.29, 1.82) is 0 Å². The number of hydrogen-bond donors (Lipinski definition) is 1. The Bertz CT molecular complexity index is 1420. The van der Waals surface area contributed by atoms with E-state index in [1.165, 1.54) is 4.57 Å². The van der Waals surface area contributed by atoms with Gasteiger partial charge >= 0.3 is 5.69 Å². The smallest absolute Gasteiger partial charge is 0.330 e. The van der Waals surface area contributed by atoms with Crippen LogP contribution in [0.15, 0.2) is 64.3 Å². The first-order valence-corrected chi connectivity index (χ1v) is 10.3. The van der Waals surface area contributed by atoms with Crippen LogP contribution in [0.2, 0.25) is 0 Å². The lowest BCUT2D eigenvalue weighted by Crippen LogP contribution is -2.31. The van der Waals surface area contributed by atoms with Gasteiger partial charge in [-0.05, 0) is 47.0 Å². The summed E-state index contributed by atoms with van der Waals surface area (Å²) in [6.45, 7) is 1.40. The van der Waals surface area contributed by atoms with Gasteiger partial charge in [0.15, 0.2) is 11.5 Å². The lowest BCUT2D eigenvalue weighted by molar-refractivity contribution is 0.297. The molecule has 8 nitrogen and oxygen atoms in total. The number of pyridine rings is 1. The lowest BCUT2D eigenvalue weighted by Gasteiger charge is -2.13. The van der Waals surface area contributed by atoms with Gasteiger partial charge in [0.05, 0.1) is 32.3 Å². The number of benzene rings is 2. The predicted molar refractivity (Wildman–Crippen MR) is 120 cm³/mol. The van der Waals surface area contributed by atoms with Crippen LogP contribution in [-0.4, -0.2) is 34.9 Å². The van der Waals surface area contributed by atoms with Crippen molar-refractivity contribution in [2.24, 2.45) is 0 Å². The topological polar surface area (TPSA) is 95.4 Å². The molecular weight excluding hydrogens is 410 g/mol. The Hall–Kier alpha value is -4.07. The van der Waals surface area contributed by atoms with Crippen molar-refractivity contribution in [2.45, 2.75) is 13.0 Å². The number of methoxy groups -OCH3 is 1. The van der Waals surface area contributed by atoms with E-state index >= 15 is 0 Å². The quantitative estimate of drug-likeness (QED) is 0.534. The van der Waals surface area contributed by atoms with Crippen molar-refractivity contribution in [3.05, 3.63) is 81.1 Å². The van der Waals surface area contributed by atoms with E-state index in [9.17, 15) is 9.59 Å². The van der Waals surface area contributed by atoms with Crippen molar-refractivity contribution in [1.82, 2.24) is 14.5 Å². The highest BCUT2D eigenvalue weighted by Gasteiger charge is 2.16. The minimum atomic E-state index is -0.523. The molecule has 0 spiro atoms. The van der Waals surface area contributed by atoms with Crippen LogP contribution >= 0.6 is 0 Å². The zero-order chi connectivity index (χ0) is 22.1. The second-order valence-corrected chi connectivity index (χ2v) is 7.47. The molecule has 162 valence electrons. The van der Waals surface area contributed by atoms with Gasteiger partial charge in [-0.15, -0.1) is 0 Å². The van der Waals surface area contributed by atoms with E-state index in [0.29, 0.717) is 47.1 Å². The second-order valence-electron chi connectivity index (χ2n) is 7.47. The van der Waals surface area contributed by atoms with Crippen LogP contribution in [0.4, 0.5) is 0 Å². The van der Waals surface area contributed by atoms with Crippen LogP contribution in [-0.2, 0) is 6.54 Å². The molecule has 1 N–H and O–H groups in total. The molecule has 0 saturated carbocycles. The summed E-state index contributed by atoms with van der Waals surface area (Å²) in [6, 6.07) is 14.7. The van der Waals surface area contributed by atoms with Crippen LogP contribution < -0.4 is 25.5 Å². The first kappa shape index (κ1) is 19.9. The predicted octanol–water partition coefficient (Wildman–Crippen LogP) is 2.97. The fourth-order valence-corrected chi connectivity index (χ4v) is 3.87. The van der Waals surface area contributed by atoms with Crippen molar-refractivity contribution in [2.75, 3.05) is 20.3 Å². The number of hydrogen-bond acceptors (Lipinski definition) is 6. The number of ether oxygens (including phenoxy) is 3. The van der Waals surface area contributed by atoms with Gasteiger partial charge in [-0.1, -0.05) is 18.2 Å². The molecule has 0 radical (unpaired) electrons. The molecular formula is C24H21N3O5. The Morgan fingerprint density at radius 3 is 2.75 bits per heavy atom. The minimum absolute atomic E-state index is 0.220. The molecule has 1 aliphatic rings. The van der Waals surface area contributed by atoms with Crippen LogP contribution in [0.3, 0.4) is 0 Å². The number of nitrogens with one attached hydrogen (secondary N) is 1. The Morgan fingerprint density at radius 1 is 1.06 bits per heavy atom. The fraction of sp³-hybridized carbons (Fsp3) is 0.208. The summed E-state index contributed by atoms with van der Waals surface area (Å²) in [4.78, 5) is 32.4. The Kier molecular flexibility index (Phi) is 5.10. The van der Waals surface area contributed by atoms with E-state index in [0.717, 1.165) is 17.5 Å². The van der Waals surface area contributed by atoms with Crippen molar-refractivity contribution in [3.63, 3.8) is 0 Å². The number of H-pyrrole nitrogens is 1. The summed E-state index contributed by atoms with van der Waals surface area (Å²) >= 11 is 0. The molecule has 0 saturated heterocycles. The average molecular weight is 431 g/mol. The van der Waals surface area contributed by atoms with E-state index in [1.807, 2.05) is 42.5 Å². The molecule has 0 bridgehead atoms. The van der Waals surface area contributed by atoms with E-state index in [-0.39, 0.29) is 6.54 Å². The van der Waals surface area contributed by atoms with E-state index in [4.69, 9.17) is 14.2 Å². The standard InChI is InChI=1S/C24H21N3O5/c1-30-17-5-2-4-16(13-17)18-8-9-25-22-21(18)23(28)26-24(29)27(22)14-15-6-7-19-20(12-15)32-11-3-10-31-19/h2,4-9,12-13H,3,10-11,14H2,1H3,(H,26,28,29). The maximum absolute atomic E-state index is 12.8. The van der Waals surface area contributed by atoms with E-state index < -0.39 is 11.2 Å². The van der Waals surface area contributed by atoms with Gasteiger partial charge in [-0.2, -0.15) is 0 Å². The number of aromatic nitrogens is 3. The molecule has 0 fully saturated rings. The number of nitrogens with zero attached hydrogens (tertiary/aromatic N) is 2. The zero-order valence-electron chi connectivity index (χ0n) is 17.5. The van der Waals surface area contributed by atoms with Crippen LogP contribution in [0.5, 0.6) is 17.2 Å². The fourth-order valence-electron chi connectivity index (χ4n) is 3.87. The first-order valence-electron chi connectivity index (χ1n) is 10.3. The summed E-state index contributed by atoms with van der Waals surface area (Å²) in [5.74, 6) is 2.00. The van der Waals surface area contributed by atoms with Gasteiger partial charge in [0.25, 0.3) is 5.56 Å². The van der Waals surface area contributed by atoms with Crippen molar-refractivity contribution in [3.8, 4) is 28.4 Å². The molecule has 5 rings (SSSR count). The van der Waals surface area contributed by atoms with Gasteiger partial charge in [-0.3, -0.25) is 14.3 Å². The maximum Gasteiger partial charge on any atom is 0.330 e. The highest BCUT2D eigenvalue weighted by Crippen LogP contribution is 2.31. The summed E-state index contributed by atoms with van der Waals surface area (Å²) < 4.78 is 18.2. The molecule has 2 aromatic carbocycles. The van der Waals surface area contributed by atoms with E-state index in [1.54, 1.807) is 19.4 Å². The summed E-state index contributed by atoms with van der Waals surface area (Å²) in [5, 5.41) is 0.342. The van der Waals surface area contributed by atoms with Crippen molar-refractivity contribution >= 4 is 11.0 Å². The third-order valence-corrected chi connectivity index (χ3v) is 5.41. The van der Waals surface area contributed by atoms with Crippen LogP contribution in [0.25, 0.3) is 22.2 Å². The van der Waals surface area contributed by atoms with Gasteiger partial charge < -0.3 is 14.2 Å². The molecule has 3 heterocycles. The Balaban J connectivity index is 1.64. The molecule has 8 heteroatoms. The molecule has 0 amide bonds. The van der Waals surface area contributed by atoms with E-state index in [2.05, 4.69) is 9.97 Å². The Labute approximate surface area is 183 Å². The number of aromatic amines is 1. The molecule has 0 aliphatic carbocycles. The summed E-state index contributed by atoms with van der Waals surface area (Å²) in [7, 11) is 1.59. The zero-order valence-corrected chi connectivity index (χ0v) is 17.5. The lowest BCUT2D eigenvalue weighted by atomic mass is 10.0. The van der Waals surface area contributed by atoms with Gasteiger partial charge in [-0.25, -0.2) is 9.78 Å². The largest absolute Gasteiger partial charge is 0.497 e. The normalized spacial score (nSPS) is 13.0. The van der Waals surface area contributed by atoms with Crippen LogP contribution in [0.1, 0.15) is 12.0 Å². The SMILES string of the molecule is COc1cccc(-c2ccnc3c2c(=O)[nH]c(=O)n3Cc2ccc3c(c2)OCCCO3)c1. The number of fused-ring (bicyclic) bond motifs is 2. The highest BCUT2D eigenvalue weighted by atomic mass is 16.5. The first-order chi connectivity index (χ1) is 15.6. The molecule has 4 aromatic rings. The molecule has 32 heavy (non-hydrogen) atoms. The van der Waals surface area contributed by atoms with Crippen molar-refractivity contribution < 1.29 is 14.2 Å². The number of rotatable bonds is 4. The summed E-state index contributed by atoms with van der Waals surface area (Å²) in [5.41, 5.74) is 1.60. The maximum atomic E-state index is 12.8. The Morgan fingerprint density at radius 2 is 1.91 bits per heavy atom. The molecule has 2 aromatic heterocycles. The highest BCUT2D eigenvalue weighted by molar-refractivity contribution is 5.92. The minimum Gasteiger partial charge on any atom is -0.497 e. The molecule has 0 unspecified atom stereocenters. The molecule has 1 aliphatic heterocycles. The molecule has 0 atom stereocenters. The van der Waals surface area contributed by atoms with Crippen LogP contribution in [0, 0.1) is 0 Å². The average Bonchev–Trinajstić information content (AvgIpc) is 3.06. The van der Waals surface area contributed by atoms with Gasteiger partial charge in [0.1, 0.15) is 11.4 Å². The third-order valence-electron chi connectivity index (χ3n) is 5.41. The summed E-state index contributed by atoms with van der Waals surface area (Å²) in [6.07, 6.45) is 2.41. The van der Waals surface area contributed by atoms with Gasteiger partial charge in [0, 0.05) is 12.6 Å². The monoisotopic (exact) mass is 431 g/mol.